The molecule has 1 aromatic rings. The summed E-state index contributed by atoms with van der Waals surface area (Å²) in [6, 6.07) is 9.74. The first-order valence-corrected chi connectivity index (χ1v) is 10.8. The molecule has 1 aromatic carbocycles. The Balaban J connectivity index is 1.31. The van der Waals surface area contributed by atoms with Gasteiger partial charge in [-0.2, -0.15) is 0 Å². The smallest absolute Gasteiger partial charge is 0.253 e. The van der Waals surface area contributed by atoms with Crippen LogP contribution < -0.4 is 0 Å². The Morgan fingerprint density at radius 1 is 1.00 bits per heavy atom. The topological polar surface area (TPSA) is 47.0 Å². The molecule has 0 radical (unpaired) electrons. The molecule has 0 unspecified atom stereocenters. The van der Waals surface area contributed by atoms with Crippen molar-refractivity contribution < 1.29 is 18.7 Å². The molecule has 7 heteroatoms. The van der Waals surface area contributed by atoms with Gasteiger partial charge in [-0.05, 0) is 31.4 Å². The van der Waals surface area contributed by atoms with E-state index in [0.717, 1.165) is 13.1 Å². The number of β-amino-alcohol motifs (C(OH)–C–C–N with tert-alkyl or cyclic N) is 1. The zero-order valence-corrected chi connectivity index (χ0v) is 16.6. The molecule has 29 heavy (non-hydrogen) atoms. The van der Waals surface area contributed by atoms with Gasteiger partial charge >= 0.3 is 0 Å². The van der Waals surface area contributed by atoms with E-state index in [4.69, 9.17) is 0 Å². The van der Waals surface area contributed by atoms with Crippen molar-refractivity contribution in [2.45, 2.75) is 61.8 Å². The lowest BCUT2D eigenvalue weighted by Gasteiger charge is -2.63. The molecule has 158 valence electrons. The third kappa shape index (κ3) is 3.47. The number of aliphatic hydroxyl groups is 1. The van der Waals surface area contributed by atoms with Gasteiger partial charge in [0.2, 0.25) is 5.92 Å². The van der Waals surface area contributed by atoms with Gasteiger partial charge in [0.1, 0.15) is 0 Å². The van der Waals surface area contributed by atoms with E-state index in [2.05, 4.69) is 9.80 Å². The number of hydrogen-bond donors (Lipinski definition) is 1. The monoisotopic (exact) mass is 405 g/mol. The van der Waals surface area contributed by atoms with E-state index < -0.39 is 5.92 Å². The number of aliphatic hydroxyl groups excluding tert-OH is 1. The fourth-order valence-electron chi connectivity index (χ4n) is 5.97. The number of amides is 1. The number of benzene rings is 1. The first kappa shape index (κ1) is 19.4. The van der Waals surface area contributed by atoms with Gasteiger partial charge in [0, 0.05) is 63.2 Å². The van der Waals surface area contributed by atoms with Crippen LogP contribution in [-0.4, -0.2) is 88.1 Å². The summed E-state index contributed by atoms with van der Waals surface area (Å²) in [4.78, 5) is 19.8. The maximum absolute atomic E-state index is 13.5. The quantitative estimate of drug-likeness (QED) is 0.820. The molecule has 3 aliphatic heterocycles. The summed E-state index contributed by atoms with van der Waals surface area (Å²) in [6.45, 7) is 3.52. The van der Waals surface area contributed by atoms with Crippen LogP contribution in [0.5, 0.6) is 0 Å². The first-order chi connectivity index (χ1) is 13.9. The SMILES string of the molecule is O=C(c1ccccc1)N1C[C@@H]2C[C@@H](O)CN2C2(C1)CN(C1CCC(F)(F)CC1)C2. The van der Waals surface area contributed by atoms with Crippen LogP contribution in [0, 0.1) is 0 Å². The number of alkyl halides is 2. The lowest BCUT2D eigenvalue weighted by Crippen LogP contribution is -2.79. The summed E-state index contributed by atoms with van der Waals surface area (Å²) >= 11 is 0. The number of hydrogen-bond acceptors (Lipinski definition) is 4. The molecule has 3 saturated heterocycles. The van der Waals surface area contributed by atoms with Crippen molar-refractivity contribution in [3.8, 4) is 0 Å². The van der Waals surface area contributed by atoms with Crippen LogP contribution in [0.1, 0.15) is 42.5 Å². The van der Waals surface area contributed by atoms with Crippen LogP contribution in [0.3, 0.4) is 0 Å². The molecular weight excluding hydrogens is 376 g/mol. The molecule has 1 saturated carbocycles. The number of halogens is 2. The molecule has 1 spiro atoms. The highest BCUT2D eigenvalue weighted by atomic mass is 19.3. The molecule has 0 bridgehead atoms. The second kappa shape index (κ2) is 7.00. The van der Waals surface area contributed by atoms with Gasteiger partial charge < -0.3 is 10.0 Å². The number of piperazine rings is 1. The maximum atomic E-state index is 13.5. The number of carbonyl (C=O) groups is 1. The van der Waals surface area contributed by atoms with E-state index in [9.17, 15) is 18.7 Å². The summed E-state index contributed by atoms with van der Waals surface area (Å²) < 4.78 is 27.1. The molecule has 5 rings (SSSR count). The van der Waals surface area contributed by atoms with E-state index in [-0.39, 0.29) is 42.5 Å². The van der Waals surface area contributed by atoms with Crippen molar-refractivity contribution in [2.24, 2.45) is 0 Å². The van der Waals surface area contributed by atoms with Gasteiger partial charge in [0.15, 0.2) is 0 Å². The third-order valence-electron chi connectivity index (χ3n) is 7.42. The summed E-state index contributed by atoms with van der Waals surface area (Å²) in [5.74, 6) is -2.46. The highest BCUT2D eigenvalue weighted by Gasteiger charge is 2.58. The number of nitrogens with zero attached hydrogens (tertiary/aromatic N) is 3. The molecule has 4 fully saturated rings. The predicted molar refractivity (Wildman–Crippen MR) is 105 cm³/mol. The molecule has 1 aliphatic carbocycles. The van der Waals surface area contributed by atoms with E-state index >= 15 is 0 Å². The summed E-state index contributed by atoms with van der Waals surface area (Å²) in [5.41, 5.74) is 0.533. The Hall–Kier alpha value is -1.57. The highest BCUT2D eigenvalue weighted by molar-refractivity contribution is 5.94. The van der Waals surface area contributed by atoms with Crippen LogP contribution in [0.25, 0.3) is 0 Å². The van der Waals surface area contributed by atoms with Crippen molar-refractivity contribution in [1.82, 2.24) is 14.7 Å². The number of rotatable bonds is 2. The standard InChI is InChI=1S/C22H29F2N3O2/c23-22(24)8-6-17(7-9-22)26-14-21(15-26)13-25(11-18-10-19(28)12-27(18)21)20(29)16-4-2-1-3-5-16/h1-5,17-19,28H,6-15H2/t18-,19+/m0/s1. The van der Waals surface area contributed by atoms with Crippen molar-refractivity contribution in [1.29, 1.82) is 0 Å². The van der Waals surface area contributed by atoms with Crippen LogP contribution in [-0.2, 0) is 0 Å². The summed E-state index contributed by atoms with van der Waals surface area (Å²) in [7, 11) is 0. The fourth-order valence-corrected chi connectivity index (χ4v) is 5.97. The zero-order chi connectivity index (χ0) is 20.2. The van der Waals surface area contributed by atoms with E-state index in [1.807, 2.05) is 35.2 Å². The van der Waals surface area contributed by atoms with Crippen LogP contribution >= 0.6 is 0 Å². The predicted octanol–water partition coefficient (Wildman–Crippen LogP) is 2.21. The second-order valence-corrected chi connectivity index (χ2v) is 9.46. The Morgan fingerprint density at radius 2 is 1.69 bits per heavy atom. The third-order valence-corrected chi connectivity index (χ3v) is 7.42. The average Bonchev–Trinajstić information content (AvgIpc) is 3.06. The Morgan fingerprint density at radius 3 is 2.38 bits per heavy atom. The normalized spacial score (nSPS) is 32.2. The fraction of sp³-hybridized carbons (Fsp3) is 0.682. The van der Waals surface area contributed by atoms with E-state index in [1.54, 1.807) is 0 Å². The van der Waals surface area contributed by atoms with Crippen LogP contribution in [0.2, 0.25) is 0 Å². The van der Waals surface area contributed by atoms with Crippen molar-refractivity contribution in [3.63, 3.8) is 0 Å². The Kier molecular flexibility index (Phi) is 4.68. The van der Waals surface area contributed by atoms with Gasteiger partial charge in [-0.1, -0.05) is 18.2 Å². The molecule has 5 nitrogen and oxygen atoms in total. The van der Waals surface area contributed by atoms with Gasteiger partial charge in [-0.15, -0.1) is 0 Å². The minimum absolute atomic E-state index is 0.0230. The first-order valence-electron chi connectivity index (χ1n) is 10.8. The molecule has 2 atom stereocenters. The minimum Gasteiger partial charge on any atom is -0.392 e. The summed E-state index contributed by atoms with van der Waals surface area (Å²) in [6.07, 6.45) is 1.38. The molecule has 4 aliphatic rings. The zero-order valence-electron chi connectivity index (χ0n) is 16.6. The largest absolute Gasteiger partial charge is 0.392 e. The molecule has 3 heterocycles. The minimum atomic E-state index is -2.51. The van der Waals surface area contributed by atoms with Crippen molar-refractivity contribution in [3.05, 3.63) is 35.9 Å². The second-order valence-electron chi connectivity index (χ2n) is 9.46. The van der Waals surface area contributed by atoms with Crippen molar-refractivity contribution in [2.75, 3.05) is 32.7 Å². The lowest BCUT2D eigenvalue weighted by atomic mass is 9.80. The van der Waals surface area contributed by atoms with Gasteiger partial charge in [0.05, 0.1) is 11.6 Å². The maximum Gasteiger partial charge on any atom is 0.253 e. The van der Waals surface area contributed by atoms with Gasteiger partial charge in [0.25, 0.3) is 5.91 Å². The molecule has 1 amide bonds. The van der Waals surface area contributed by atoms with Crippen LogP contribution in [0.4, 0.5) is 8.78 Å². The van der Waals surface area contributed by atoms with E-state index in [1.165, 1.54) is 0 Å². The molecular formula is C22H29F2N3O2. The van der Waals surface area contributed by atoms with Crippen molar-refractivity contribution >= 4 is 5.91 Å². The molecule has 0 aromatic heterocycles. The van der Waals surface area contributed by atoms with E-state index in [0.29, 0.717) is 44.5 Å². The Bertz CT molecular complexity index is 759. The highest BCUT2D eigenvalue weighted by Crippen LogP contribution is 2.43. The Labute approximate surface area is 170 Å². The number of likely N-dealkylation sites (tertiary alicyclic amines) is 1. The lowest BCUT2D eigenvalue weighted by molar-refractivity contribution is -0.135. The summed E-state index contributed by atoms with van der Waals surface area (Å²) in [5, 5.41) is 10.3. The number of fused-ring (bicyclic) bond motifs is 2. The molecule has 1 N–H and O–H groups in total. The number of carbonyl (C=O) groups excluding carboxylic acids is 1. The van der Waals surface area contributed by atoms with Crippen LogP contribution in [0.15, 0.2) is 30.3 Å². The van der Waals surface area contributed by atoms with Gasteiger partial charge in [-0.3, -0.25) is 14.6 Å². The average molecular weight is 405 g/mol. The van der Waals surface area contributed by atoms with Gasteiger partial charge in [-0.25, -0.2) is 8.78 Å².